The third-order valence-electron chi connectivity index (χ3n) is 5.32. The minimum atomic E-state index is -0.467. The fraction of sp³-hybridized carbons (Fsp3) is 0.625. The normalized spacial score (nSPS) is 25.7. The number of carbonyl (C=O) groups is 1. The number of pyridine rings is 1. The molecule has 116 valence electrons. The van der Waals surface area contributed by atoms with Crippen LogP contribution >= 0.6 is 0 Å². The van der Waals surface area contributed by atoms with Crippen LogP contribution in [0, 0.1) is 0 Å². The highest BCUT2D eigenvalue weighted by atomic mass is 16.7. The first-order valence-electron chi connectivity index (χ1n) is 7.94. The molecule has 1 saturated carbocycles. The van der Waals surface area contributed by atoms with Crippen LogP contribution in [0.15, 0.2) is 12.3 Å². The van der Waals surface area contributed by atoms with E-state index >= 15 is 0 Å². The van der Waals surface area contributed by atoms with Gasteiger partial charge in [-0.05, 0) is 46.6 Å². The molecule has 0 bridgehead atoms. The van der Waals surface area contributed by atoms with Gasteiger partial charge in [0.1, 0.15) is 0 Å². The van der Waals surface area contributed by atoms with Crippen molar-refractivity contribution in [1.82, 2.24) is 9.88 Å². The first-order valence-corrected chi connectivity index (χ1v) is 7.94. The van der Waals surface area contributed by atoms with Crippen molar-refractivity contribution >= 4 is 18.5 Å². The molecule has 0 unspecified atom stereocenters. The molecule has 0 N–H and O–H groups in total. The van der Waals surface area contributed by atoms with E-state index in [0.717, 1.165) is 24.0 Å². The molecule has 1 saturated heterocycles. The summed E-state index contributed by atoms with van der Waals surface area (Å²) in [5.41, 5.74) is 1.63. The molecule has 3 aliphatic rings. The Morgan fingerprint density at radius 3 is 2.45 bits per heavy atom. The number of nitrogens with zero attached hydrogens (tertiary/aromatic N) is 2. The summed E-state index contributed by atoms with van der Waals surface area (Å²) in [6.45, 7) is 8.73. The average molecular weight is 300 g/mol. The lowest BCUT2D eigenvalue weighted by atomic mass is 9.79. The third-order valence-corrected chi connectivity index (χ3v) is 5.32. The Hall–Kier alpha value is -1.40. The van der Waals surface area contributed by atoms with Crippen LogP contribution in [-0.4, -0.2) is 40.2 Å². The van der Waals surface area contributed by atoms with Gasteiger partial charge in [-0.15, -0.1) is 0 Å². The van der Waals surface area contributed by atoms with Crippen molar-refractivity contribution in [3.63, 3.8) is 0 Å². The SMILES string of the molecule is CC1(C)OB(c2cnc3c(c2)C(=O)N(C2CC2)C3)OC1(C)C. The van der Waals surface area contributed by atoms with Gasteiger partial charge in [0.05, 0.1) is 29.0 Å². The van der Waals surface area contributed by atoms with Gasteiger partial charge in [-0.2, -0.15) is 0 Å². The first kappa shape index (κ1) is 14.2. The van der Waals surface area contributed by atoms with Crippen molar-refractivity contribution in [3.05, 3.63) is 23.5 Å². The highest BCUT2D eigenvalue weighted by Gasteiger charge is 2.52. The minimum Gasteiger partial charge on any atom is -0.399 e. The van der Waals surface area contributed by atoms with Gasteiger partial charge in [-0.1, -0.05) is 0 Å². The number of hydrogen-bond acceptors (Lipinski definition) is 4. The maximum atomic E-state index is 12.5. The Morgan fingerprint density at radius 1 is 1.23 bits per heavy atom. The molecule has 0 aromatic carbocycles. The van der Waals surface area contributed by atoms with Crippen molar-refractivity contribution in [1.29, 1.82) is 0 Å². The summed E-state index contributed by atoms with van der Waals surface area (Å²) in [7, 11) is -0.467. The molecule has 5 nitrogen and oxygen atoms in total. The lowest BCUT2D eigenvalue weighted by Crippen LogP contribution is -2.41. The fourth-order valence-electron chi connectivity index (χ4n) is 3.00. The van der Waals surface area contributed by atoms with Gasteiger partial charge in [-0.25, -0.2) is 0 Å². The second-order valence-corrected chi connectivity index (χ2v) is 7.52. The van der Waals surface area contributed by atoms with Gasteiger partial charge >= 0.3 is 7.12 Å². The van der Waals surface area contributed by atoms with Crippen LogP contribution in [0.5, 0.6) is 0 Å². The maximum absolute atomic E-state index is 12.5. The van der Waals surface area contributed by atoms with Crippen molar-refractivity contribution in [2.45, 2.75) is 64.3 Å². The minimum absolute atomic E-state index is 0.100. The monoisotopic (exact) mass is 300 g/mol. The van der Waals surface area contributed by atoms with E-state index in [1.54, 1.807) is 6.20 Å². The van der Waals surface area contributed by atoms with E-state index in [1.165, 1.54) is 0 Å². The van der Waals surface area contributed by atoms with Gasteiger partial charge in [0.15, 0.2) is 0 Å². The fourth-order valence-corrected chi connectivity index (χ4v) is 3.00. The number of rotatable bonds is 2. The first-order chi connectivity index (χ1) is 10.3. The van der Waals surface area contributed by atoms with Gasteiger partial charge in [-0.3, -0.25) is 9.78 Å². The Balaban J connectivity index is 1.63. The average Bonchev–Trinajstić information content (AvgIpc) is 3.18. The molecule has 0 atom stereocenters. The molecule has 0 spiro atoms. The van der Waals surface area contributed by atoms with E-state index in [4.69, 9.17) is 9.31 Å². The summed E-state index contributed by atoms with van der Waals surface area (Å²) in [4.78, 5) is 18.9. The van der Waals surface area contributed by atoms with Crippen LogP contribution in [0.4, 0.5) is 0 Å². The van der Waals surface area contributed by atoms with Gasteiger partial charge in [0.2, 0.25) is 0 Å². The van der Waals surface area contributed by atoms with E-state index in [9.17, 15) is 4.79 Å². The Labute approximate surface area is 131 Å². The van der Waals surface area contributed by atoms with E-state index in [0.29, 0.717) is 18.2 Å². The lowest BCUT2D eigenvalue weighted by molar-refractivity contribution is 0.00578. The predicted molar refractivity (Wildman–Crippen MR) is 82.8 cm³/mol. The summed E-state index contributed by atoms with van der Waals surface area (Å²) in [6, 6.07) is 2.32. The van der Waals surface area contributed by atoms with E-state index in [1.807, 2.05) is 38.7 Å². The highest BCUT2D eigenvalue weighted by Crippen LogP contribution is 2.37. The zero-order valence-electron chi connectivity index (χ0n) is 13.5. The molecule has 2 aliphatic heterocycles. The van der Waals surface area contributed by atoms with E-state index in [2.05, 4.69) is 4.98 Å². The number of hydrogen-bond donors (Lipinski definition) is 0. The molecule has 1 aliphatic carbocycles. The molecule has 6 heteroatoms. The standard InChI is InChI=1S/C16H21BN2O3/c1-15(2)16(3,4)22-17(21-15)10-7-12-13(18-8-10)9-19(14(12)20)11-5-6-11/h7-8,11H,5-6,9H2,1-4H3. The smallest absolute Gasteiger partial charge is 0.399 e. The molecule has 22 heavy (non-hydrogen) atoms. The van der Waals surface area contributed by atoms with Crippen molar-refractivity contribution in [3.8, 4) is 0 Å². The second-order valence-electron chi connectivity index (χ2n) is 7.52. The maximum Gasteiger partial charge on any atom is 0.496 e. The molecule has 2 fully saturated rings. The zero-order chi connectivity index (χ0) is 15.7. The van der Waals surface area contributed by atoms with E-state index in [-0.39, 0.29) is 17.1 Å². The Morgan fingerprint density at radius 2 is 1.86 bits per heavy atom. The summed E-state index contributed by atoms with van der Waals surface area (Å²) in [5.74, 6) is 0.100. The number of fused-ring (bicyclic) bond motifs is 1. The molecule has 0 radical (unpaired) electrons. The van der Waals surface area contributed by atoms with Crippen LogP contribution in [-0.2, 0) is 15.9 Å². The van der Waals surface area contributed by atoms with Crippen LogP contribution in [0.1, 0.15) is 56.6 Å². The second kappa shape index (κ2) is 4.33. The van der Waals surface area contributed by atoms with E-state index < -0.39 is 7.12 Å². The zero-order valence-corrected chi connectivity index (χ0v) is 13.5. The van der Waals surface area contributed by atoms with Crippen LogP contribution in [0.25, 0.3) is 0 Å². The third kappa shape index (κ3) is 2.01. The van der Waals surface area contributed by atoms with Crippen molar-refractivity contribution in [2.75, 3.05) is 0 Å². The molecular weight excluding hydrogens is 279 g/mol. The summed E-state index contributed by atoms with van der Waals surface area (Å²) < 4.78 is 12.1. The lowest BCUT2D eigenvalue weighted by Gasteiger charge is -2.32. The van der Waals surface area contributed by atoms with Crippen LogP contribution < -0.4 is 5.46 Å². The van der Waals surface area contributed by atoms with Crippen LogP contribution in [0.2, 0.25) is 0 Å². The number of carbonyl (C=O) groups excluding carboxylic acids is 1. The molecule has 1 aromatic heterocycles. The summed E-state index contributed by atoms with van der Waals surface area (Å²) >= 11 is 0. The highest BCUT2D eigenvalue weighted by molar-refractivity contribution is 6.62. The number of amides is 1. The molecular formula is C16H21BN2O3. The molecule has 1 aromatic rings. The quantitative estimate of drug-likeness (QED) is 0.777. The summed E-state index contributed by atoms with van der Waals surface area (Å²) in [6.07, 6.45) is 4.01. The molecule has 1 amide bonds. The van der Waals surface area contributed by atoms with Gasteiger partial charge < -0.3 is 14.2 Å². The predicted octanol–water partition coefficient (Wildman–Crippen LogP) is 1.50. The summed E-state index contributed by atoms with van der Waals surface area (Å²) in [5, 5.41) is 0. The molecule has 3 heterocycles. The van der Waals surface area contributed by atoms with Crippen molar-refractivity contribution in [2.24, 2.45) is 0 Å². The Kier molecular flexibility index (Phi) is 2.80. The van der Waals surface area contributed by atoms with Gasteiger partial charge in [0, 0.05) is 17.7 Å². The topological polar surface area (TPSA) is 51.7 Å². The van der Waals surface area contributed by atoms with Crippen LogP contribution in [0.3, 0.4) is 0 Å². The van der Waals surface area contributed by atoms with Crippen molar-refractivity contribution < 1.29 is 14.1 Å². The Bertz CT molecular complexity index is 639. The largest absolute Gasteiger partial charge is 0.496 e. The number of aromatic nitrogens is 1. The van der Waals surface area contributed by atoms with Gasteiger partial charge in [0.25, 0.3) is 5.91 Å². The molecule has 4 rings (SSSR count).